The molecule has 0 unspecified atom stereocenters. The standard InChI is InChI=1S/C11H14N4O2/c1-7-10(16)13-5-6-15(7)11(17)8-3-2-4-9(12)14-8/h2-4,7H,5-6H2,1H3,(H2,12,14)(H,13,16)/t7-/m1/s1. The minimum Gasteiger partial charge on any atom is -0.384 e. The molecule has 17 heavy (non-hydrogen) atoms. The molecule has 0 bridgehead atoms. The van der Waals surface area contributed by atoms with Crippen LogP contribution in [0.15, 0.2) is 18.2 Å². The molecule has 3 N–H and O–H groups in total. The molecule has 1 atom stereocenters. The normalized spacial score (nSPS) is 19.9. The lowest BCUT2D eigenvalue weighted by Crippen LogP contribution is -2.55. The van der Waals surface area contributed by atoms with E-state index in [1.165, 1.54) is 4.90 Å². The molecular formula is C11H14N4O2. The Morgan fingerprint density at radius 1 is 1.59 bits per heavy atom. The Hall–Kier alpha value is -2.11. The quantitative estimate of drug-likeness (QED) is 0.693. The lowest BCUT2D eigenvalue weighted by Gasteiger charge is -2.32. The summed E-state index contributed by atoms with van der Waals surface area (Å²) >= 11 is 0. The van der Waals surface area contributed by atoms with Gasteiger partial charge in [0.1, 0.15) is 17.6 Å². The van der Waals surface area contributed by atoms with Crippen molar-refractivity contribution in [2.45, 2.75) is 13.0 Å². The van der Waals surface area contributed by atoms with Crippen LogP contribution in [0.5, 0.6) is 0 Å². The van der Waals surface area contributed by atoms with E-state index in [1.54, 1.807) is 25.1 Å². The highest BCUT2D eigenvalue weighted by Gasteiger charge is 2.30. The summed E-state index contributed by atoms with van der Waals surface area (Å²) < 4.78 is 0. The van der Waals surface area contributed by atoms with E-state index in [-0.39, 0.29) is 17.5 Å². The number of anilines is 1. The maximum atomic E-state index is 12.1. The summed E-state index contributed by atoms with van der Waals surface area (Å²) in [6.07, 6.45) is 0. The molecule has 0 radical (unpaired) electrons. The minimum absolute atomic E-state index is 0.145. The number of carbonyl (C=O) groups excluding carboxylic acids is 2. The molecule has 2 amide bonds. The molecule has 0 aliphatic carbocycles. The van der Waals surface area contributed by atoms with Crippen molar-refractivity contribution in [3.8, 4) is 0 Å². The Morgan fingerprint density at radius 3 is 3.06 bits per heavy atom. The fourth-order valence-electron chi connectivity index (χ4n) is 1.78. The van der Waals surface area contributed by atoms with Crippen LogP contribution in [0.1, 0.15) is 17.4 Å². The smallest absolute Gasteiger partial charge is 0.273 e. The third kappa shape index (κ3) is 2.20. The number of carbonyl (C=O) groups is 2. The first-order valence-corrected chi connectivity index (χ1v) is 5.41. The zero-order valence-corrected chi connectivity index (χ0v) is 9.51. The van der Waals surface area contributed by atoms with E-state index in [4.69, 9.17) is 5.73 Å². The van der Waals surface area contributed by atoms with Crippen LogP contribution in [0, 0.1) is 0 Å². The van der Waals surface area contributed by atoms with Crippen molar-refractivity contribution in [2.75, 3.05) is 18.8 Å². The van der Waals surface area contributed by atoms with Crippen molar-refractivity contribution in [3.05, 3.63) is 23.9 Å². The third-order valence-electron chi connectivity index (χ3n) is 2.75. The number of hydrogen-bond acceptors (Lipinski definition) is 4. The molecule has 0 spiro atoms. The van der Waals surface area contributed by atoms with Gasteiger partial charge in [-0.25, -0.2) is 4.98 Å². The van der Waals surface area contributed by atoms with Crippen LogP contribution in [0.3, 0.4) is 0 Å². The van der Waals surface area contributed by atoms with E-state index >= 15 is 0 Å². The van der Waals surface area contributed by atoms with E-state index in [0.717, 1.165) is 0 Å². The molecule has 2 heterocycles. The first-order valence-electron chi connectivity index (χ1n) is 5.41. The number of nitrogen functional groups attached to an aromatic ring is 1. The molecular weight excluding hydrogens is 220 g/mol. The number of nitrogens with zero attached hydrogens (tertiary/aromatic N) is 2. The van der Waals surface area contributed by atoms with Gasteiger partial charge in [-0.05, 0) is 19.1 Å². The fourth-order valence-corrected chi connectivity index (χ4v) is 1.78. The molecule has 1 saturated heterocycles. The number of hydrogen-bond donors (Lipinski definition) is 2. The number of nitrogens with one attached hydrogen (secondary N) is 1. The van der Waals surface area contributed by atoms with Gasteiger partial charge >= 0.3 is 0 Å². The average Bonchev–Trinajstić information content (AvgIpc) is 2.32. The summed E-state index contributed by atoms with van der Waals surface area (Å²) in [4.78, 5) is 29.1. The van der Waals surface area contributed by atoms with Gasteiger partial charge in [0, 0.05) is 13.1 Å². The Bertz CT molecular complexity index is 461. The molecule has 1 aromatic rings. The Kier molecular flexibility index (Phi) is 2.95. The topological polar surface area (TPSA) is 88.3 Å². The molecule has 6 heteroatoms. The van der Waals surface area contributed by atoms with Gasteiger partial charge in [-0.3, -0.25) is 9.59 Å². The van der Waals surface area contributed by atoms with E-state index in [2.05, 4.69) is 10.3 Å². The van der Waals surface area contributed by atoms with Crippen LogP contribution in [-0.4, -0.2) is 40.8 Å². The Balaban J connectivity index is 2.22. The monoisotopic (exact) mass is 234 g/mol. The molecule has 6 nitrogen and oxygen atoms in total. The van der Waals surface area contributed by atoms with Crippen molar-refractivity contribution in [2.24, 2.45) is 0 Å². The maximum absolute atomic E-state index is 12.1. The highest BCUT2D eigenvalue weighted by Crippen LogP contribution is 2.10. The largest absolute Gasteiger partial charge is 0.384 e. The van der Waals surface area contributed by atoms with E-state index in [0.29, 0.717) is 18.9 Å². The molecule has 0 saturated carbocycles. The van der Waals surface area contributed by atoms with E-state index in [9.17, 15) is 9.59 Å². The number of pyridine rings is 1. The molecule has 0 aromatic carbocycles. The summed E-state index contributed by atoms with van der Waals surface area (Å²) in [5.41, 5.74) is 5.80. The highest BCUT2D eigenvalue weighted by molar-refractivity contribution is 5.96. The summed E-state index contributed by atoms with van der Waals surface area (Å²) in [5.74, 6) is -0.113. The summed E-state index contributed by atoms with van der Waals surface area (Å²) in [6, 6.07) is 4.41. The van der Waals surface area contributed by atoms with Gasteiger partial charge in [0.15, 0.2) is 0 Å². The van der Waals surface area contributed by atoms with Gasteiger partial charge in [0.05, 0.1) is 0 Å². The average molecular weight is 234 g/mol. The van der Waals surface area contributed by atoms with Gasteiger partial charge in [0.25, 0.3) is 5.91 Å². The van der Waals surface area contributed by atoms with Crippen LogP contribution < -0.4 is 11.1 Å². The van der Waals surface area contributed by atoms with Crippen LogP contribution >= 0.6 is 0 Å². The zero-order valence-electron chi connectivity index (χ0n) is 9.51. The van der Waals surface area contributed by atoms with E-state index < -0.39 is 6.04 Å². The molecule has 1 aliphatic rings. The van der Waals surface area contributed by atoms with Crippen LogP contribution in [0.25, 0.3) is 0 Å². The van der Waals surface area contributed by atoms with Crippen molar-refractivity contribution >= 4 is 17.6 Å². The minimum atomic E-state index is -0.473. The molecule has 2 rings (SSSR count). The van der Waals surface area contributed by atoms with Crippen LogP contribution in [-0.2, 0) is 4.79 Å². The van der Waals surface area contributed by atoms with Gasteiger partial charge in [0.2, 0.25) is 5.91 Å². The molecule has 90 valence electrons. The first kappa shape index (κ1) is 11.4. The number of nitrogens with two attached hydrogens (primary N) is 1. The van der Waals surface area contributed by atoms with Gasteiger partial charge in [-0.1, -0.05) is 6.07 Å². The maximum Gasteiger partial charge on any atom is 0.273 e. The van der Waals surface area contributed by atoms with E-state index in [1.807, 2.05) is 0 Å². The van der Waals surface area contributed by atoms with Gasteiger partial charge in [-0.15, -0.1) is 0 Å². The number of amides is 2. The number of aromatic nitrogens is 1. The lowest BCUT2D eigenvalue weighted by molar-refractivity contribution is -0.127. The summed E-state index contributed by atoms with van der Waals surface area (Å²) in [7, 11) is 0. The van der Waals surface area contributed by atoms with Gasteiger partial charge < -0.3 is 16.0 Å². The summed E-state index contributed by atoms with van der Waals surface area (Å²) in [5, 5.41) is 2.70. The fraction of sp³-hybridized carbons (Fsp3) is 0.364. The second kappa shape index (κ2) is 4.40. The molecule has 1 aliphatic heterocycles. The Morgan fingerprint density at radius 2 is 2.35 bits per heavy atom. The van der Waals surface area contributed by atoms with Crippen LogP contribution in [0.2, 0.25) is 0 Å². The lowest BCUT2D eigenvalue weighted by atomic mass is 10.2. The number of rotatable bonds is 1. The first-order chi connectivity index (χ1) is 8.09. The van der Waals surface area contributed by atoms with Crippen molar-refractivity contribution in [3.63, 3.8) is 0 Å². The van der Waals surface area contributed by atoms with Crippen LogP contribution in [0.4, 0.5) is 5.82 Å². The number of piperazine rings is 1. The summed E-state index contributed by atoms with van der Waals surface area (Å²) in [6.45, 7) is 2.65. The molecule has 1 fully saturated rings. The van der Waals surface area contributed by atoms with Crippen molar-refractivity contribution in [1.82, 2.24) is 15.2 Å². The predicted molar refractivity (Wildman–Crippen MR) is 62.2 cm³/mol. The predicted octanol–water partition coefficient (Wildman–Crippen LogP) is -0.376. The second-order valence-corrected chi connectivity index (χ2v) is 3.91. The SMILES string of the molecule is C[C@@H]1C(=O)NCCN1C(=O)c1cccc(N)n1. The molecule has 1 aromatic heterocycles. The zero-order chi connectivity index (χ0) is 12.4. The van der Waals surface area contributed by atoms with Crippen molar-refractivity contribution in [1.29, 1.82) is 0 Å². The second-order valence-electron chi connectivity index (χ2n) is 3.91. The third-order valence-corrected chi connectivity index (χ3v) is 2.75. The Labute approximate surface area is 98.8 Å². The highest BCUT2D eigenvalue weighted by atomic mass is 16.2. The van der Waals surface area contributed by atoms with Crippen molar-refractivity contribution < 1.29 is 9.59 Å². The van der Waals surface area contributed by atoms with Gasteiger partial charge in [-0.2, -0.15) is 0 Å².